The van der Waals surface area contributed by atoms with E-state index in [0.717, 1.165) is 18.5 Å². The van der Waals surface area contributed by atoms with Gasteiger partial charge in [0.25, 0.3) is 0 Å². The van der Waals surface area contributed by atoms with Crippen LogP contribution in [0.1, 0.15) is 39.7 Å². The Balaban J connectivity index is 2.94. The van der Waals surface area contributed by atoms with Crippen LogP contribution in [0.2, 0.25) is 5.02 Å². The second-order valence-corrected chi connectivity index (χ2v) is 7.71. The molecule has 0 aliphatic rings. The second-order valence-electron chi connectivity index (χ2n) is 5.58. The highest BCUT2D eigenvalue weighted by Gasteiger charge is 2.20. The van der Waals surface area contributed by atoms with E-state index in [9.17, 15) is 8.42 Å². The van der Waals surface area contributed by atoms with Crippen LogP contribution in [0.5, 0.6) is 0 Å². The Hall–Kier alpha value is -0.620. The van der Waals surface area contributed by atoms with Crippen molar-refractivity contribution in [3.8, 4) is 0 Å². The van der Waals surface area contributed by atoms with E-state index < -0.39 is 10.0 Å². The van der Waals surface area contributed by atoms with Crippen LogP contribution in [-0.2, 0) is 16.6 Å². The van der Waals surface area contributed by atoms with E-state index in [0.29, 0.717) is 11.6 Å². The highest BCUT2D eigenvalue weighted by Crippen LogP contribution is 2.21. The minimum absolute atomic E-state index is 0.118. The third-order valence-corrected chi connectivity index (χ3v) is 5.34. The van der Waals surface area contributed by atoms with Gasteiger partial charge in [-0.15, -0.1) is 0 Å². The van der Waals surface area contributed by atoms with Gasteiger partial charge in [0.05, 0.1) is 4.90 Å². The summed E-state index contributed by atoms with van der Waals surface area (Å²) >= 11 is 6.13. The first-order valence-electron chi connectivity index (χ1n) is 7.29. The Morgan fingerprint density at radius 1 is 1.24 bits per heavy atom. The maximum Gasteiger partial charge on any atom is 0.240 e. The zero-order chi connectivity index (χ0) is 16.0. The SMILES string of the molecule is CCCNCc1cc(S(=O)(=O)NC(C)C(C)C)ccc1Cl. The fraction of sp³-hybridized carbons (Fsp3) is 0.600. The van der Waals surface area contributed by atoms with E-state index in [2.05, 4.69) is 17.0 Å². The van der Waals surface area contributed by atoms with Crippen LogP contribution < -0.4 is 10.0 Å². The summed E-state index contributed by atoms with van der Waals surface area (Å²) in [5.41, 5.74) is 0.796. The van der Waals surface area contributed by atoms with Crippen molar-refractivity contribution in [1.29, 1.82) is 0 Å². The first-order chi connectivity index (χ1) is 9.77. The number of hydrogen-bond donors (Lipinski definition) is 2. The fourth-order valence-corrected chi connectivity index (χ4v) is 3.33. The molecule has 0 aromatic heterocycles. The van der Waals surface area contributed by atoms with Crippen LogP contribution in [0.4, 0.5) is 0 Å². The molecule has 21 heavy (non-hydrogen) atoms. The van der Waals surface area contributed by atoms with E-state index in [1.54, 1.807) is 18.2 Å². The summed E-state index contributed by atoms with van der Waals surface area (Å²) in [6.45, 7) is 9.34. The van der Waals surface area contributed by atoms with Crippen molar-refractivity contribution in [3.63, 3.8) is 0 Å². The Bertz CT molecular complexity index is 559. The Kier molecular flexibility index (Phi) is 7.13. The predicted molar refractivity (Wildman–Crippen MR) is 88.1 cm³/mol. The quantitative estimate of drug-likeness (QED) is 0.719. The molecule has 0 spiro atoms. The summed E-state index contributed by atoms with van der Waals surface area (Å²) in [5.74, 6) is 0.234. The van der Waals surface area contributed by atoms with Gasteiger partial charge in [0.15, 0.2) is 0 Å². The summed E-state index contributed by atoms with van der Waals surface area (Å²) in [5, 5.41) is 3.81. The molecular weight excluding hydrogens is 308 g/mol. The number of benzene rings is 1. The van der Waals surface area contributed by atoms with Crippen LogP contribution in [-0.4, -0.2) is 21.0 Å². The van der Waals surface area contributed by atoms with Crippen molar-refractivity contribution in [1.82, 2.24) is 10.0 Å². The first-order valence-corrected chi connectivity index (χ1v) is 9.15. The fourth-order valence-electron chi connectivity index (χ4n) is 1.70. The molecular formula is C15H25ClN2O2S. The third-order valence-electron chi connectivity index (χ3n) is 3.41. The molecule has 0 aliphatic heterocycles. The van der Waals surface area contributed by atoms with Gasteiger partial charge in [-0.1, -0.05) is 32.4 Å². The molecule has 0 saturated heterocycles. The largest absolute Gasteiger partial charge is 0.313 e. The van der Waals surface area contributed by atoms with Crippen LogP contribution in [0, 0.1) is 5.92 Å². The van der Waals surface area contributed by atoms with Crippen molar-refractivity contribution >= 4 is 21.6 Å². The van der Waals surface area contributed by atoms with E-state index in [-0.39, 0.29) is 16.9 Å². The lowest BCUT2D eigenvalue weighted by molar-refractivity contribution is 0.476. The topological polar surface area (TPSA) is 58.2 Å². The standard InChI is InChI=1S/C15H25ClN2O2S/c1-5-8-17-10-13-9-14(6-7-15(13)16)21(19,20)18-12(4)11(2)3/h6-7,9,11-12,17-18H,5,8,10H2,1-4H3. The maximum atomic E-state index is 12.4. The van der Waals surface area contributed by atoms with Crippen molar-refractivity contribution in [2.45, 2.75) is 51.6 Å². The second kappa shape index (κ2) is 8.13. The smallest absolute Gasteiger partial charge is 0.240 e. The van der Waals surface area contributed by atoms with Gasteiger partial charge in [-0.25, -0.2) is 13.1 Å². The average molecular weight is 333 g/mol. The lowest BCUT2D eigenvalue weighted by atomic mass is 10.1. The summed E-state index contributed by atoms with van der Waals surface area (Å²) in [4.78, 5) is 0.257. The molecule has 1 aromatic carbocycles. The molecule has 0 fully saturated rings. The molecule has 0 aliphatic carbocycles. The number of sulfonamides is 1. The van der Waals surface area contributed by atoms with Gasteiger partial charge >= 0.3 is 0 Å². The molecule has 120 valence electrons. The minimum Gasteiger partial charge on any atom is -0.313 e. The van der Waals surface area contributed by atoms with Gasteiger partial charge in [-0.05, 0) is 49.6 Å². The van der Waals surface area contributed by atoms with Crippen molar-refractivity contribution in [3.05, 3.63) is 28.8 Å². The van der Waals surface area contributed by atoms with Gasteiger partial charge in [0, 0.05) is 17.6 Å². The summed E-state index contributed by atoms with van der Waals surface area (Å²) in [7, 11) is -3.51. The van der Waals surface area contributed by atoms with Crippen molar-refractivity contribution in [2.75, 3.05) is 6.54 Å². The predicted octanol–water partition coefficient (Wildman–Crippen LogP) is 3.16. The lowest BCUT2D eigenvalue weighted by Crippen LogP contribution is -2.36. The van der Waals surface area contributed by atoms with E-state index in [1.165, 1.54) is 0 Å². The zero-order valence-corrected chi connectivity index (χ0v) is 14.7. The van der Waals surface area contributed by atoms with Gasteiger partial charge in [0.2, 0.25) is 10.0 Å². The molecule has 4 nitrogen and oxygen atoms in total. The van der Waals surface area contributed by atoms with Gasteiger partial charge < -0.3 is 5.32 Å². The number of halogens is 1. The molecule has 0 bridgehead atoms. The molecule has 6 heteroatoms. The Morgan fingerprint density at radius 3 is 2.48 bits per heavy atom. The summed E-state index contributed by atoms with van der Waals surface area (Å²) in [6.07, 6.45) is 1.02. The number of rotatable bonds is 8. The zero-order valence-electron chi connectivity index (χ0n) is 13.1. The Morgan fingerprint density at radius 2 is 1.90 bits per heavy atom. The molecule has 1 unspecified atom stereocenters. The van der Waals surface area contributed by atoms with Crippen LogP contribution >= 0.6 is 11.6 Å². The molecule has 0 radical (unpaired) electrons. The molecule has 2 N–H and O–H groups in total. The van der Waals surface area contributed by atoms with Crippen LogP contribution in [0.25, 0.3) is 0 Å². The molecule has 0 amide bonds. The summed E-state index contributed by atoms with van der Waals surface area (Å²) in [6, 6.07) is 4.70. The van der Waals surface area contributed by atoms with E-state index in [4.69, 9.17) is 11.6 Å². The third kappa shape index (κ3) is 5.58. The molecule has 1 aromatic rings. The molecule has 1 atom stereocenters. The number of nitrogens with one attached hydrogen (secondary N) is 2. The highest BCUT2D eigenvalue weighted by molar-refractivity contribution is 7.89. The molecule has 0 saturated carbocycles. The number of hydrogen-bond acceptors (Lipinski definition) is 3. The molecule has 1 rings (SSSR count). The van der Waals surface area contributed by atoms with E-state index >= 15 is 0 Å². The Labute approximate surface area is 133 Å². The van der Waals surface area contributed by atoms with Gasteiger partial charge in [-0.3, -0.25) is 0 Å². The van der Waals surface area contributed by atoms with Gasteiger partial charge in [-0.2, -0.15) is 0 Å². The van der Waals surface area contributed by atoms with Crippen LogP contribution in [0.3, 0.4) is 0 Å². The van der Waals surface area contributed by atoms with E-state index in [1.807, 2.05) is 20.8 Å². The highest BCUT2D eigenvalue weighted by atomic mass is 35.5. The first kappa shape index (κ1) is 18.4. The van der Waals surface area contributed by atoms with Crippen molar-refractivity contribution in [2.24, 2.45) is 5.92 Å². The molecule has 0 heterocycles. The normalized spacial score (nSPS) is 13.6. The average Bonchev–Trinajstić information content (AvgIpc) is 2.40. The minimum atomic E-state index is -3.51. The van der Waals surface area contributed by atoms with Crippen molar-refractivity contribution < 1.29 is 8.42 Å². The monoisotopic (exact) mass is 332 g/mol. The summed E-state index contributed by atoms with van der Waals surface area (Å²) < 4.78 is 27.4. The maximum absolute atomic E-state index is 12.4. The van der Waals surface area contributed by atoms with Gasteiger partial charge in [0.1, 0.15) is 0 Å². The van der Waals surface area contributed by atoms with Crippen LogP contribution in [0.15, 0.2) is 23.1 Å². The lowest BCUT2D eigenvalue weighted by Gasteiger charge is -2.18.